The number of nitrogens with two attached hydrogens (primary N) is 1. The lowest BCUT2D eigenvalue weighted by atomic mass is 10.1. The summed E-state index contributed by atoms with van der Waals surface area (Å²) in [5.41, 5.74) is 6.86. The van der Waals surface area contributed by atoms with E-state index in [1.807, 2.05) is 49.4 Å². The number of hydrogen-bond donors (Lipinski definition) is 2. The maximum absolute atomic E-state index is 7.70. The van der Waals surface area contributed by atoms with E-state index in [0.29, 0.717) is 17.1 Å². The summed E-state index contributed by atoms with van der Waals surface area (Å²) in [5.74, 6) is 1.16. The van der Waals surface area contributed by atoms with Crippen molar-refractivity contribution in [2.45, 2.75) is 6.92 Å². The molecule has 21 heavy (non-hydrogen) atoms. The van der Waals surface area contributed by atoms with Gasteiger partial charge in [0, 0.05) is 12.4 Å². The second-order valence-corrected chi connectivity index (χ2v) is 4.88. The summed E-state index contributed by atoms with van der Waals surface area (Å²) < 4.78 is 7.62. The lowest BCUT2D eigenvalue weighted by Gasteiger charge is -2.10. The fourth-order valence-electron chi connectivity index (χ4n) is 2.45. The zero-order chi connectivity index (χ0) is 15.0. The summed E-state index contributed by atoms with van der Waals surface area (Å²) in [6.07, 6.45) is 0. The maximum atomic E-state index is 7.70. The van der Waals surface area contributed by atoms with Crippen LogP contribution < -0.4 is 10.5 Å². The monoisotopic (exact) mass is 280 g/mol. The van der Waals surface area contributed by atoms with E-state index < -0.39 is 0 Å². The molecule has 5 heteroatoms. The topological polar surface area (TPSA) is 76.9 Å². The van der Waals surface area contributed by atoms with Crippen LogP contribution in [0.25, 0.3) is 10.8 Å². The third kappa shape index (κ3) is 2.23. The number of hydrogen-bond acceptors (Lipinski definition) is 3. The summed E-state index contributed by atoms with van der Waals surface area (Å²) in [6, 6.07) is 13.9. The van der Waals surface area contributed by atoms with Crippen LogP contribution in [-0.4, -0.2) is 15.6 Å². The molecule has 106 valence electrons. The molecule has 0 spiro atoms. The zero-order valence-electron chi connectivity index (χ0n) is 11.9. The fourth-order valence-corrected chi connectivity index (χ4v) is 2.45. The Morgan fingerprint density at radius 2 is 1.90 bits per heavy atom. The number of aromatic nitrogens is 2. The Morgan fingerprint density at radius 1 is 1.19 bits per heavy atom. The van der Waals surface area contributed by atoms with Crippen LogP contribution in [-0.2, 0) is 7.05 Å². The van der Waals surface area contributed by atoms with Crippen molar-refractivity contribution in [2.24, 2.45) is 12.8 Å². The molecule has 0 aliphatic heterocycles. The van der Waals surface area contributed by atoms with Gasteiger partial charge in [0.25, 0.3) is 0 Å². The normalized spacial score (nSPS) is 10.8. The number of rotatable bonds is 3. The van der Waals surface area contributed by atoms with Crippen molar-refractivity contribution in [3.05, 3.63) is 53.7 Å². The standard InChI is InChI=1S/C16H16N4O/c1-10-14(15(17)18)16(20(2)19-10)21-13-9-5-7-11-6-3-4-8-12(11)13/h3-9H,1-2H3,(H3,17,18). The Hall–Kier alpha value is -2.82. The number of aryl methyl sites for hydroxylation is 2. The van der Waals surface area contributed by atoms with Crippen molar-refractivity contribution >= 4 is 16.6 Å². The lowest BCUT2D eigenvalue weighted by molar-refractivity contribution is 0.434. The molecule has 3 rings (SSSR count). The van der Waals surface area contributed by atoms with Crippen molar-refractivity contribution in [3.8, 4) is 11.6 Å². The first-order chi connectivity index (χ1) is 10.1. The number of ether oxygens (including phenoxy) is 1. The summed E-state index contributed by atoms with van der Waals surface area (Å²) in [5, 5.41) is 14.1. The van der Waals surface area contributed by atoms with Gasteiger partial charge in [-0.05, 0) is 18.4 Å². The van der Waals surface area contributed by atoms with E-state index in [2.05, 4.69) is 5.10 Å². The van der Waals surface area contributed by atoms with Gasteiger partial charge in [-0.25, -0.2) is 4.68 Å². The van der Waals surface area contributed by atoms with Crippen LogP contribution in [0.5, 0.6) is 11.6 Å². The average molecular weight is 280 g/mol. The minimum atomic E-state index is -0.0455. The van der Waals surface area contributed by atoms with E-state index in [4.69, 9.17) is 15.9 Å². The molecule has 0 bridgehead atoms. The Kier molecular flexibility index (Phi) is 3.10. The molecular formula is C16H16N4O. The lowest BCUT2D eigenvalue weighted by Crippen LogP contribution is -2.13. The smallest absolute Gasteiger partial charge is 0.228 e. The molecule has 0 amide bonds. The van der Waals surface area contributed by atoms with Crippen LogP contribution in [0.2, 0.25) is 0 Å². The molecule has 2 aromatic carbocycles. The number of amidine groups is 1. The van der Waals surface area contributed by atoms with Crippen molar-refractivity contribution in [3.63, 3.8) is 0 Å². The van der Waals surface area contributed by atoms with Gasteiger partial charge in [-0.1, -0.05) is 36.4 Å². The largest absolute Gasteiger partial charge is 0.438 e. The minimum Gasteiger partial charge on any atom is -0.438 e. The second-order valence-electron chi connectivity index (χ2n) is 4.88. The fraction of sp³-hybridized carbons (Fsp3) is 0.125. The quantitative estimate of drug-likeness (QED) is 0.572. The molecule has 0 atom stereocenters. The first-order valence-electron chi connectivity index (χ1n) is 6.61. The van der Waals surface area contributed by atoms with Crippen LogP contribution in [0.1, 0.15) is 11.3 Å². The zero-order valence-corrected chi connectivity index (χ0v) is 11.9. The summed E-state index contributed by atoms with van der Waals surface area (Å²) >= 11 is 0. The van der Waals surface area contributed by atoms with Gasteiger partial charge in [0.1, 0.15) is 17.1 Å². The molecule has 0 fully saturated rings. The highest BCUT2D eigenvalue weighted by Crippen LogP contribution is 2.32. The highest BCUT2D eigenvalue weighted by molar-refractivity contribution is 5.98. The number of nitrogen functional groups attached to an aromatic ring is 1. The molecule has 0 saturated heterocycles. The van der Waals surface area contributed by atoms with Crippen LogP contribution in [0.15, 0.2) is 42.5 Å². The first kappa shape index (κ1) is 13.2. The maximum Gasteiger partial charge on any atom is 0.228 e. The SMILES string of the molecule is Cc1nn(C)c(Oc2cccc3ccccc23)c1C(=N)N. The van der Waals surface area contributed by atoms with E-state index in [1.165, 1.54) is 0 Å². The second kappa shape index (κ2) is 4.94. The molecule has 1 aromatic heterocycles. The van der Waals surface area contributed by atoms with Gasteiger partial charge in [-0.3, -0.25) is 5.41 Å². The van der Waals surface area contributed by atoms with E-state index in [0.717, 1.165) is 16.5 Å². The predicted octanol–water partition coefficient (Wildman–Crippen LogP) is 2.96. The summed E-state index contributed by atoms with van der Waals surface area (Å²) in [7, 11) is 1.78. The van der Waals surface area contributed by atoms with Crippen LogP contribution in [0, 0.1) is 12.3 Å². The third-order valence-electron chi connectivity index (χ3n) is 3.40. The van der Waals surface area contributed by atoms with Crippen LogP contribution in [0.4, 0.5) is 0 Å². The van der Waals surface area contributed by atoms with Crippen LogP contribution >= 0.6 is 0 Å². The average Bonchev–Trinajstić information content (AvgIpc) is 2.73. The van der Waals surface area contributed by atoms with Gasteiger partial charge in [-0.2, -0.15) is 5.10 Å². The number of nitrogens with zero attached hydrogens (tertiary/aromatic N) is 2. The molecule has 3 aromatic rings. The van der Waals surface area contributed by atoms with Gasteiger partial charge in [0.15, 0.2) is 0 Å². The van der Waals surface area contributed by atoms with E-state index in [1.54, 1.807) is 11.7 Å². The van der Waals surface area contributed by atoms with E-state index in [-0.39, 0.29) is 5.84 Å². The van der Waals surface area contributed by atoms with Gasteiger partial charge < -0.3 is 10.5 Å². The van der Waals surface area contributed by atoms with E-state index in [9.17, 15) is 0 Å². The third-order valence-corrected chi connectivity index (χ3v) is 3.40. The van der Waals surface area contributed by atoms with Crippen molar-refractivity contribution < 1.29 is 4.74 Å². The molecule has 0 aliphatic carbocycles. The Morgan fingerprint density at radius 3 is 2.67 bits per heavy atom. The Labute approximate surface area is 122 Å². The highest BCUT2D eigenvalue weighted by atomic mass is 16.5. The van der Waals surface area contributed by atoms with Crippen molar-refractivity contribution in [1.82, 2.24) is 9.78 Å². The summed E-state index contributed by atoms with van der Waals surface area (Å²) in [6.45, 7) is 1.81. The highest BCUT2D eigenvalue weighted by Gasteiger charge is 2.18. The first-order valence-corrected chi connectivity index (χ1v) is 6.61. The van der Waals surface area contributed by atoms with Crippen molar-refractivity contribution in [2.75, 3.05) is 0 Å². The van der Waals surface area contributed by atoms with Crippen molar-refractivity contribution in [1.29, 1.82) is 5.41 Å². The molecule has 0 aliphatic rings. The number of fused-ring (bicyclic) bond motifs is 1. The summed E-state index contributed by atoms with van der Waals surface area (Å²) in [4.78, 5) is 0. The number of nitrogens with one attached hydrogen (secondary N) is 1. The molecule has 3 N–H and O–H groups in total. The van der Waals surface area contributed by atoms with E-state index >= 15 is 0 Å². The number of benzene rings is 2. The molecule has 0 unspecified atom stereocenters. The Balaban J connectivity index is 2.14. The van der Waals surface area contributed by atoms with Gasteiger partial charge in [-0.15, -0.1) is 0 Å². The Bertz CT molecular complexity index is 830. The van der Waals surface area contributed by atoms with Crippen LogP contribution in [0.3, 0.4) is 0 Å². The minimum absolute atomic E-state index is 0.0455. The molecule has 5 nitrogen and oxygen atoms in total. The molecule has 0 radical (unpaired) electrons. The predicted molar refractivity (Wildman–Crippen MR) is 83.0 cm³/mol. The molecular weight excluding hydrogens is 264 g/mol. The molecule has 0 saturated carbocycles. The van der Waals surface area contributed by atoms with Gasteiger partial charge >= 0.3 is 0 Å². The van der Waals surface area contributed by atoms with Gasteiger partial charge in [0.2, 0.25) is 5.88 Å². The van der Waals surface area contributed by atoms with Gasteiger partial charge in [0.05, 0.1) is 5.69 Å². The molecule has 1 heterocycles.